The molecule has 2 aromatic carbocycles. The van der Waals surface area contributed by atoms with Crippen LogP contribution in [0, 0.1) is 17.1 Å². The number of nitrogens with one attached hydrogen (secondary N) is 1. The largest absolute Gasteiger partial charge is 0.493 e. The van der Waals surface area contributed by atoms with Crippen LogP contribution in [0.1, 0.15) is 5.56 Å². The molecule has 0 saturated carbocycles. The van der Waals surface area contributed by atoms with Gasteiger partial charge in [-0.3, -0.25) is 4.79 Å². The van der Waals surface area contributed by atoms with Crippen LogP contribution in [-0.4, -0.2) is 19.6 Å². The van der Waals surface area contributed by atoms with Crippen LogP contribution in [0.3, 0.4) is 0 Å². The van der Waals surface area contributed by atoms with Crippen LogP contribution < -0.4 is 14.8 Å². The number of rotatable bonds is 7. The van der Waals surface area contributed by atoms with E-state index in [4.69, 9.17) is 21.1 Å². The van der Waals surface area contributed by atoms with Crippen molar-refractivity contribution in [2.45, 2.75) is 0 Å². The molecule has 0 atom stereocenters. The summed E-state index contributed by atoms with van der Waals surface area (Å²) in [4.78, 5) is 12.3. The first kappa shape index (κ1) is 20.0. The summed E-state index contributed by atoms with van der Waals surface area (Å²) in [5.74, 6) is -0.686. The Balaban J connectivity index is 2.33. The van der Waals surface area contributed by atoms with Gasteiger partial charge in [0.2, 0.25) is 0 Å². The highest BCUT2D eigenvalue weighted by atomic mass is 35.5. The Morgan fingerprint density at radius 3 is 2.78 bits per heavy atom. The van der Waals surface area contributed by atoms with Gasteiger partial charge < -0.3 is 14.8 Å². The van der Waals surface area contributed by atoms with Crippen molar-refractivity contribution in [2.24, 2.45) is 0 Å². The molecule has 0 spiro atoms. The summed E-state index contributed by atoms with van der Waals surface area (Å²) in [5, 5.41) is 11.9. The van der Waals surface area contributed by atoms with Gasteiger partial charge in [-0.2, -0.15) is 5.26 Å². The van der Waals surface area contributed by atoms with E-state index in [0.717, 1.165) is 0 Å². The number of nitriles is 1. The van der Waals surface area contributed by atoms with E-state index in [1.54, 1.807) is 24.3 Å². The average Bonchev–Trinajstić information content (AvgIpc) is 2.66. The molecule has 0 aliphatic carbocycles. The molecule has 2 rings (SSSR count). The molecule has 0 aliphatic heterocycles. The van der Waals surface area contributed by atoms with Crippen LogP contribution in [0.5, 0.6) is 11.5 Å². The number of halogens is 2. The number of hydrogen-bond acceptors (Lipinski definition) is 4. The zero-order valence-electron chi connectivity index (χ0n) is 14.5. The van der Waals surface area contributed by atoms with Crippen LogP contribution in [0.4, 0.5) is 10.1 Å². The molecule has 1 amide bonds. The summed E-state index contributed by atoms with van der Waals surface area (Å²) in [5.41, 5.74) is 0.201. The van der Waals surface area contributed by atoms with Crippen molar-refractivity contribution in [3.8, 4) is 17.6 Å². The van der Waals surface area contributed by atoms with Crippen molar-refractivity contribution in [2.75, 3.05) is 19.0 Å². The number of carbonyl (C=O) groups excluding carboxylic acids is 1. The smallest absolute Gasteiger partial charge is 0.266 e. The Hall–Kier alpha value is -3.30. The maximum Gasteiger partial charge on any atom is 0.266 e. The van der Waals surface area contributed by atoms with E-state index in [1.807, 2.05) is 0 Å². The van der Waals surface area contributed by atoms with Crippen LogP contribution in [0.25, 0.3) is 6.08 Å². The SMILES string of the molecule is C=CCOc1c(Cl)cc(/C=C(/C#N)C(=O)Nc2ccccc2F)cc1OC. The van der Waals surface area contributed by atoms with Gasteiger partial charge in [0, 0.05) is 0 Å². The molecule has 0 unspecified atom stereocenters. The maximum absolute atomic E-state index is 13.7. The minimum atomic E-state index is -0.746. The number of benzene rings is 2. The number of ether oxygens (including phenoxy) is 2. The van der Waals surface area contributed by atoms with E-state index in [-0.39, 0.29) is 22.9 Å². The van der Waals surface area contributed by atoms with Crippen molar-refractivity contribution < 1.29 is 18.7 Å². The first-order chi connectivity index (χ1) is 13.0. The summed E-state index contributed by atoms with van der Waals surface area (Å²) < 4.78 is 24.4. The van der Waals surface area contributed by atoms with E-state index in [2.05, 4.69) is 11.9 Å². The normalized spacial score (nSPS) is 10.7. The van der Waals surface area contributed by atoms with Crippen molar-refractivity contribution in [3.05, 3.63) is 71.0 Å². The molecule has 0 aliphatic rings. The van der Waals surface area contributed by atoms with Crippen molar-refractivity contribution >= 4 is 29.3 Å². The highest BCUT2D eigenvalue weighted by Gasteiger charge is 2.15. The van der Waals surface area contributed by atoms with Gasteiger partial charge in [-0.1, -0.05) is 36.4 Å². The third kappa shape index (κ3) is 5.09. The Morgan fingerprint density at radius 2 is 2.15 bits per heavy atom. The summed E-state index contributed by atoms with van der Waals surface area (Å²) in [7, 11) is 1.44. The van der Waals surface area contributed by atoms with Crippen LogP contribution >= 0.6 is 11.6 Å². The first-order valence-electron chi connectivity index (χ1n) is 7.79. The second-order valence-electron chi connectivity index (χ2n) is 5.24. The highest BCUT2D eigenvalue weighted by molar-refractivity contribution is 6.32. The van der Waals surface area contributed by atoms with E-state index < -0.39 is 11.7 Å². The van der Waals surface area contributed by atoms with Gasteiger partial charge in [0.25, 0.3) is 5.91 Å². The average molecular weight is 387 g/mol. The molecule has 0 radical (unpaired) electrons. The van der Waals surface area contributed by atoms with Crippen LogP contribution in [0.15, 0.2) is 54.6 Å². The number of amides is 1. The van der Waals surface area contributed by atoms with E-state index in [9.17, 15) is 14.4 Å². The Labute approximate surface area is 161 Å². The molecule has 7 heteroatoms. The molecule has 1 N–H and O–H groups in total. The van der Waals surface area contributed by atoms with Gasteiger partial charge in [0.1, 0.15) is 24.1 Å². The predicted octanol–water partition coefficient (Wildman–Crippen LogP) is 4.60. The van der Waals surface area contributed by atoms with Gasteiger partial charge in [-0.25, -0.2) is 4.39 Å². The lowest BCUT2D eigenvalue weighted by molar-refractivity contribution is -0.112. The number of para-hydroxylation sites is 1. The molecule has 5 nitrogen and oxygen atoms in total. The Kier molecular flexibility index (Phi) is 6.98. The lowest BCUT2D eigenvalue weighted by Crippen LogP contribution is -2.14. The fraction of sp³-hybridized carbons (Fsp3) is 0.100. The van der Waals surface area contributed by atoms with Crippen molar-refractivity contribution in [3.63, 3.8) is 0 Å². The molecule has 27 heavy (non-hydrogen) atoms. The molecule has 0 heterocycles. The van der Waals surface area contributed by atoms with Crippen LogP contribution in [-0.2, 0) is 4.79 Å². The third-order valence-corrected chi connectivity index (χ3v) is 3.68. The van der Waals surface area contributed by atoms with Gasteiger partial charge in [0.05, 0.1) is 17.8 Å². The second-order valence-corrected chi connectivity index (χ2v) is 5.64. The van der Waals surface area contributed by atoms with Gasteiger partial charge in [0.15, 0.2) is 11.5 Å². The summed E-state index contributed by atoms with van der Waals surface area (Å²) in [6.45, 7) is 3.80. The van der Waals surface area contributed by atoms with E-state index in [1.165, 1.54) is 37.5 Å². The van der Waals surface area contributed by atoms with E-state index >= 15 is 0 Å². The fourth-order valence-electron chi connectivity index (χ4n) is 2.17. The lowest BCUT2D eigenvalue weighted by atomic mass is 10.1. The van der Waals surface area contributed by atoms with Crippen LogP contribution in [0.2, 0.25) is 5.02 Å². The molecular weight excluding hydrogens is 371 g/mol. The third-order valence-electron chi connectivity index (χ3n) is 3.40. The minimum absolute atomic E-state index is 0.0209. The first-order valence-corrected chi connectivity index (χ1v) is 8.16. The standard InChI is InChI=1S/C20H16ClFN2O3/c1-3-8-27-19-15(21)10-13(11-18(19)26-2)9-14(12-23)20(25)24-17-7-5-4-6-16(17)22/h3-7,9-11H,1,8H2,2H3,(H,24,25)/b14-9-. The summed E-state index contributed by atoms with van der Waals surface area (Å²) >= 11 is 6.20. The number of carbonyl (C=O) groups is 1. The zero-order valence-corrected chi connectivity index (χ0v) is 15.2. The molecule has 0 aromatic heterocycles. The molecule has 0 bridgehead atoms. The van der Waals surface area contributed by atoms with E-state index in [0.29, 0.717) is 17.1 Å². The minimum Gasteiger partial charge on any atom is -0.493 e. The number of anilines is 1. The second kappa shape index (κ2) is 9.41. The fourth-order valence-corrected chi connectivity index (χ4v) is 2.45. The Morgan fingerprint density at radius 1 is 1.41 bits per heavy atom. The molecule has 0 saturated heterocycles. The molecule has 138 valence electrons. The maximum atomic E-state index is 13.7. The van der Waals surface area contributed by atoms with Crippen molar-refractivity contribution in [1.82, 2.24) is 0 Å². The lowest BCUT2D eigenvalue weighted by Gasteiger charge is -2.12. The predicted molar refractivity (Wildman–Crippen MR) is 102 cm³/mol. The topological polar surface area (TPSA) is 71.3 Å². The molecule has 2 aromatic rings. The van der Waals surface area contributed by atoms with Crippen molar-refractivity contribution in [1.29, 1.82) is 5.26 Å². The quantitative estimate of drug-likeness (QED) is 0.429. The zero-order chi connectivity index (χ0) is 19.8. The van der Waals surface area contributed by atoms with Gasteiger partial charge in [-0.05, 0) is 35.9 Å². The Bertz CT molecular complexity index is 935. The highest BCUT2D eigenvalue weighted by Crippen LogP contribution is 2.37. The molecular formula is C20H16ClFN2O3. The number of methoxy groups -OCH3 is 1. The van der Waals surface area contributed by atoms with Gasteiger partial charge >= 0.3 is 0 Å². The molecule has 0 fully saturated rings. The monoisotopic (exact) mass is 386 g/mol. The summed E-state index contributed by atoms with van der Waals surface area (Å²) in [6.07, 6.45) is 2.88. The number of nitrogens with zero attached hydrogens (tertiary/aromatic N) is 1. The summed E-state index contributed by atoms with van der Waals surface area (Å²) in [6, 6.07) is 10.6. The number of hydrogen-bond donors (Lipinski definition) is 1. The van der Waals surface area contributed by atoms with Gasteiger partial charge in [-0.15, -0.1) is 0 Å².